The second-order valence-corrected chi connectivity index (χ2v) is 8.41. The van der Waals surface area contributed by atoms with Crippen molar-refractivity contribution in [2.45, 2.75) is 26.8 Å². The summed E-state index contributed by atoms with van der Waals surface area (Å²) in [6.07, 6.45) is 6.03. The number of carbonyl (C=O) groups excluding carboxylic acids is 1. The third-order valence-corrected chi connectivity index (χ3v) is 5.78. The van der Waals surface area contributed by atoms with Gasteiger partial charge in [0.2, 0.25) is 5.91 Å². The maximum absolute atomic E-state index is 12.5. The van der Waals surface area contributed by atoms with E-state index in [1.54, 1.807) is 31.1 Å². The van der Waals surface area contributed by atoms with Crippen LogP contribution in [-0.4, -0.2) is 46.2 Å². The van der Waals surface area contributed by atoms with E-state index in [4.69, 9.17) is 14.6 Å². The summed E-state index contributed by atoms with van der Waals surface area (Å²) in [7, 11) is 3.20. The molecule has 0 atom stereocenters. The van der Waals surface area contributed by atoms with E-state index in [2.05, 4.69) is 10.4 Å². The fourth-order valence-electron chi connectivity index (χ4n) is 4.00. The molecule has 1 amide bonds. The third kappa shape index (κ3) is 5.83. The van der Waals surface area contributed by atoms with Crippen molar-refractivity contribution >= 4 is 12.0 Å². The first-order chi connectivity index (χ1) is 17.5. The first-order valence-corrected chi connectivity index (χ1v) is 11.8. The summed E-state index contributed by atoms with van der Waals surface area (Å²) in [5, 5.41) is 12.2. The topological polar surface area (TPSA) is 83.2 Å². The highest BCUT2D eigenvalue weighted by Crippen LogP contribution is 2.33. The molecule has 0 aliphatic rings. The van der Waals surface area contributed by atoms with E-state index < -0.39 is 0 Å². The fourth-order valence-corrected chi connectivity index (χ4v) is 4.00. The van der Waals surface area contributed by atoms with Crippen LogP contribution in [0.5, 0.6) is 11.5 Å². The molecule has 0 saturated carbocycles. The van der Waals surface area contributed by atoms with Crippen molar-refractivity contribution in [1.82, 2.24) is 24.9 Å². The van der Waals surface area contributed by atoms with Crippen LogP contribution >= 0.6 is 0 Å². The Morgan fingerprint density at radius 1 is 1.00 bits per heavy atom. The molecular weight excluding hydrogens is 454 g/mol. The number of hydrogen-bond donors (Lipinski definition) is 1. The highest BCUT2D eigenvalue weighted by molar-refractivity contribution is 5.92. The van der Waals surface area contributed by atoms with E-state index in [0.717, 1.165) is 46.9 Å². The number of ether oxygens (including phenoxy) is 2. The van der Waals surface area contributed by atoms with Gasteiger partial charge >= 0.3 is 0 Å². The number of rotatable bonds is 10. The van der Waals surface area contributed by atoms with Crippen LogP contribution in [0.15, 0.2) is 66.9 Å². The number of nitrogens with one attached hydrogen (secondary N) is 1. The Morgan fingerprint density at radius 3 is 2.47 bits per heavy atom. The minimum Gasteiger partial charge on any atom is -0.493 e. The number of aryl methyl sites for hydroxylation is 3. The quantitative estimate of drug-likeness (QED) is 0.262. The Bertz CT molecular complexity index is 1360. The predicted molar refractivity (Wildman–Crippen MR) is 140 cm³/mol. The van der Waals surface area contributed by atoms with Gasteiger partial charge in [-0.25, -0.2) is 4.68 Å². The number of para-hydroxylation sites is 1. The van der Waals surface area contributed by atoms with Crippen molar-refractivity contribution in [3.8, 4) is 28.4 Å². The molecule has 8 nitrogen and oxygen atoms in total. The summed E-state index contributed by atoms with van der Waals surface area (Å²) in [5.74, 6) is 1.09. The monoisotopic (exact) mass is 485 g/mol. The molecule has 1 N–H and O–H groups in total. The fraction of sp³-hybridized carbons (Fsp3) is 0.250. The molecule has 0 aliphatic heterocycles. The largest absolute Gasteiger partial charge is 0.493 e. The molecule has 2 aromatic carbocycles. The molecule has 0 aliphatic carbocycles. The van der Waals surface area contributed by atoms with Crippen molar-refractivity contribution in [2.24, 2.45) is 0 Å². The number of benzene rings is 2. The Labute approximate surface area is 211 Å². The van der Waals surface area contributed by atoms with E-state index >= 15 is 0 Å². The summed E-state index contributed by atoms with van der Waals surface area (Å²) in [5.41, 5.74) is 5.44. The van der Waals surface area contributed by atoms with E-state index in [-0.39, 0.29) is 5.91 Å². The molecule has 0 radical (unpaired) electrons. The van der Waals surface area contributed by atoms with Gasteiger partial charge in [-0.2, -0.15) is 10.2 Å². The first kappa shape index (κ1) is 24.8. The second kappa shape index (κ2) is 11.4. The maximum atomic E-state index is 12.5. The van der Waals surface area contributed by atoms with E-state index in [1.165, 1.54) is 0 Å². The first-order valence-electron chi connectivity index (χ1n) is 11.8. The lowest BCUT2D eigenvalue weighted by Crippen LogP contribution is -2.23. The Morgan fingerprint density at radius 2 is 1.78 bits per heavy atom. The van der Waals surface area contributed by atoms with Crippen LogP contribution in [0.25, 0.3) is 23.0 Å². The molecule has 2 heterocycles. The molecular formula is C28H31N5O3. The number of carbonyl (C=O) groups is 1. The van der Waals surface area contributed by atoms with Gasteiger partial charge in [0.05, 0.1) is 25.6 Å². The van der Waals surface area contributed by atoms with Crippen molar-refractivity contribution in [3.63, 3.8) is 0 Å². The molecule has 186 valence electrons. The average Bonchev–Trinajstić information content (AvgIpc) is 3.47. The van der Waals surface area contributed by atoms with Crippen LogP contribution in [-0.2, 0) is 11.3 Å². The van der Waals surface area contributed by atoms with Gasteiger partial charge in [0.15, 0.2) is 11.5 Å². The van der Waals surface area contributed by atoms with Crippen LogP contribution in [0.2, 0.25) is 0 Å². The normalized spacial score (nSPS) is 11.1. The zero-order valence-electron chi connectivity index (χ0n) is 21.1. The van der Waals surface area contributed by atoms with E-state index in [0.29, 0.717) is 18.0 Å². The van der Waals surface area contributed by atoms with Gasteiger partial charge < -0.3 is 14.8 Å². The molecule has 4 rings (SSSR count). The Balaban J connectivity index is 1.51. The molecule has 0 unspecified atom stereocenters. The lowest BCUT2D eigenvalue weighted by molar-refractivity contribution is -0.116. The van der Waals surface area contributed by atoms with Crippen LogP contribution < -0.4 is 14.8 Å². The van der Waals surface area contributed by atoms with E-state index in [1.807, 2.05) is 79.3 Å². The van der Waals surface area contributed by atoms with E-state index in [9.17, 15) is 4.79 Å². The van der Waals surface area contributed by atoms with Crippen LogP contribution in [0.4, 0.5) is 0 Å². The smallest absolute Gasteiger partial charge is 0.244 e. The number of methoxy groups -OCH3 is 2. The average molecular weight is 486 g/mol. The van der Waals surface area contributed by atoms with Gasteiger partial charge in [0.1, 0.15) is 5.69 Å². The zero-order chi connectivity index (χ0) is 25.5. The highest BCUT2D eigenvalue weighted by atomic mass is 16.5. The van der Waals surface area contributed by atoms with Gasteiger partial charge in [-0.05, 0) is 62.7 Å². The van der Waals surface area contributed by atoms with Crippen LogP contribution in [0.1, 0.15) is 23.4 Å². The molecule has 36 heavy (non-hydrogen) atoms. The van der Waals surface area contributed by atoms with Gasteiger partial charge in [-0.1, -0.05) is 18.2 Å². The molecule has 0 spiro atoms. The van der Waals surface area contributed by atoms with Crippen molar-refractivity contribution in [3.05, 3.63) is 83.8 Å². The van der Waals surface area contributed by atoms with Crippen LogP contribution in [0, 0.1) is 13.8 Å². The third-order valence-electron chi connectivity index (χ3n) is 5.78. The molecule has 2 aromatic heterocycles. The standard InChI is InChI=1S/C28H31N5O3/c1-20-17-21(2)32(30-20)16-8-15-29-27(34)14-12-23-19-33(24-9-6-5-7-10-24)31-28(23)22-11-13-25(35-3)26(18-22)36-4/h5-7,9-14,17-19H,8,15-16H2,1-4H3,(H,29,34)/b14-12+. The second-order valence-electron chi connectivity index (χ2n) is 8.41. The number of hydrogen-bond acceptors (Lipinski definition) is 5. The maximum Gasteiger partial charge on any atom is 0.244 e. The molecule has 0 fully saturated rings. The van der Waals surface area contributed by atoms with Crippen molar-refractivity contribution < 1.29 is 14.3 Å². The lowest BCUT2D eigenvalue weighted by Gasteiger charge is -2.09. The summed E-state index contributed by atoms with van der Waals surface area (Å²) in [4.78, 5) is 12.5. The Hall–Kier alpha value is -4.33. The number of amides is 1. The summed E-state index contributed by atoms with van der Waals surface area (Å²) in [6, 6.07) is 17.5. The molecule has 8 heteroatoms. The molecule has 4 aromatic rings. The van der Waals surface area contributed by atoms with Gasteiger partial charge in [-0.15, -0.1) is 0 Å². The summed E-state index contributed by atoms with van der Waals surface area (Å²) >= 11 is 0. The van der Waals surface area contributed by atoms with Crippen molar-refractivity contribution in [1.29, 1.82) is 0 Å². The zero-order valence-corrected chi connectivity index (χ0v) is 21.1. The highest BCUT2D eigenvalue weighted by Gasteiger charge is 2.14. The van der Waals surface area contributed by atoms with Gasteiger partial charge in [-0.3, -0.25) is 9.48 Å². The summed E-state index contributed by atoms with van der Waals surface area (Å²) in [6.45, 7) is 5.34. The summed E-state index contributed by atoms with van der Waals surface area (Å²) < 4.78 is 14.6. The molecule has 0 bridgehead atoms. The minimum absolute atomic E-state index is 0.158. The van der Waals surface area contributed by atoms with Gasteiger partial charge in [0.25, 0.3) is 0 Å². The van der Waals surface area contributed by atoms with Crippen LogP contribution in [0.3, 0.4) is 0 Å². The minimum atomic E-state index is -0.158. The SMILES string of the molecule is COc1ccc(-c2nn(-c3ccccc3)cc2/C=C/C(=O)NCCCn2nc(C)cc2C)cc1OC. The molecule has 0 saturated heterocycles. The van der Waals surface area contributed by atoms with Crippen molar-refractivity contribution in [2.75, 3.05) is 20.8 Å². The van der Waals surface area contributed by atoms with Gasteiger partial charge in [0, 0.05) is 42.2 Å². The Kier molecular flexibility index (Phi) is 7.85. The number of aromatic nitrogens is 4. The lowest BCUT2D eigenvalue weighted by atomic mass is 10.1. The predicted octanol–water partition coefficient (Wildman–Crippen LogP) is 4.59. The number of nitrogens with zero attached hydrogens (tertiary/aromatic N) is 4.